The average Bonchev–Trinajstić information content (AvgIpc) is 2.81. The largest absolute Gasteiger partial charge is 0.387 e. The molecule has 0 unspecified atom stereocenters. The van der Waals surface area contributed by atoms with Crippen molar-refractivity contribution in [2.24, 2.45) is 0 Å². The maximum Gasteiger partial charge on any atom is 0.0914 e. The van der Waals surface area contributed by atoms with E-state index in [4.69, 9.17) is 0 Å². The molecule has 2 nitrogen and oxygen atoms in total. The standard InChI is InChI=1S/C15H23NO/c1-2-3-9-16-11-15(17)14-8-7-12-5-4-6-13(12)10-14/h7-8,10,15-17H,2-6,9,11H2,1H3/t15-/m1/s1. The lowest BCUT2D eigenvalue weighted by atomic mass is 10.0. The van der Waals surface area contributed by atoms with Crippen molar-refractivity contribution in [2.45, 2.75) is 45.1 Å². The van der Waals surface area contributed by atoms with E-state index < -0.39 is 0 Å². The molecule has 0 bridgehead atoms. The third-order valence-corrected chi connectivity index (χ3v) is 3.55. The van der Waals surface area contributed by atoms with Crippen LogP contribution in [0.5, 0.6) is 0 Å². The number of benzene rings is 1. The van der Waals surface area contributed by atoms with Crippen molar-refractivity contribution in [1.82, 2.24) is 5.32 Å². The van der Waals surface area contributed by atoms with Crippen molar-refractivity contribution < 1.29 is 5.11 Å². The predicted octanol–water partition coefficient (Wildman–Crippen LogP) is 2.60. The fourth-order valence-corrected chi connectivity index (χ4v) is 2.46. The van der Waals surface area contributed by atoms with E-state index >= 15 is 0 Å². The minimum atomic E-state index is -0.363. The van der Waals surface area contributed by atoms with Gasteiger partial charge in [-0.25, -0.2) is 0 Å². The molecule has 0 aliphatic heterocycles. The first-order chi connectivity index (χ1) is 8.31. The summed E-state index contributed by atoms with van der Waals surface area (Å²) in [5, 5.41) is 13.4. The van der Waals surface area contributed by atoms with Crippen LogP contribution in [0, 0.1) is 0 Å². The number of rotatable bonds is 6. The van der Waals surface area contributed by atoms with E-state index in [0.717, 1.165) is 12.1 Å². The number of aryl methyl sites for hydroxylation is 2. The summed E-state index contributed by atoms with van der Waals surface area (Å²) in [5.41, 5.74) is 3.98. The maximum absolute atomic E-state index is 10.1. The van der Waals surface area contributed by atoms with Gasteiger partial charge in [0.1, 0.15) is 0 Å². The molecule has 0 saturated carbocycles. The first-order valence-corrected chi connectivity index (χ1v) is 6.81. The molecule has 0 amide bonds. The summed E-state index contributed by atoms with van der Waals surface area (Å²) < 4.78 is 0. The number of unbranched alkanes of at least 4 members (excludes halogenated alkanes) is 1. The monoisotopic (exact) mass is 233 g/mol. The quantitative estimate of drug-likeness (QED) is 0.740. The highest BCUT2D eigenvalue weighted by molar-refractivity contribution is 5.36. The summed E-state index contributed by atoms with van der Waals surface area (Å²) in [7, 11) is 0. The Bertz CT molecular complexity index is 362. The van der Waals surface area contributed by atoms with Gasteiger partial charge in [-0.1, -0.05) is 31.5 Å². The van der Waals surface area contributed by atoms with Gasteiger partial charge in [-0.2, -0.15) is 0 Å². The summed E-state index contributed by atoms with van der Waals surface area (Å²) in [6.45, 7) is 3.84. The van der Waals surface area contributed by atoms with Crippen molar-refractivity contribution in [3.05, 3.63) is 34.9 Å². The van der Waals surface area contributed by atoms with Crippen LogP contribution in [0.3, 0.4) is 0 Å². The lowest BCUT2D eigenvalue weighted by Crippen LogP contribution is -2.22. The minimum Gasteiger partial charge on any atom is -0.387 e. The summed E-state index contributed by atoms with van der Waals surface area (Å²) in [4.78, 5) is 0. The number of nitrogens with one attached hydrogen (secondary N) is 1. The van der Waals surface area contributed by atoms with Crippen LogP contribution in [-0.4, -0.2) is 18.2 Å². The summed E-state index contributed by atoms with van der Waals surface area (Å²) >= 11 is 0. The van der Waals surface area contributed by atoms with Crippen molar-refractivity contribution in [2.75, 3.05) is 13.1 Å². The molecule has 0 radical (unpaired) electrons. The first kappa shape index (κ1) is 12.6. The lowest BCUT2D eigenvalue weighted by molar-refractivity contribution is 0.174. The molecule has 1 aromatic rings. The van der Waals surface area contributed by atoms with E-state index in [1.807, 2.05) is 0 Å². The SMILES string of the molecule is CCCCNC[C@@H](O)c1ccc2c(c1)CCC2. The zero-order chi connectivity index (χ0) is 12.1. The third-order valence-electron chi connectivity index (χ3n) is 3.55. The van der Waals surface area contributed by atoms with E-state index in [1.165, 1.54) is 43.2 Å². The van der Waals surface area contributed by atoms with Crippen molar-refractivity contribution in [3.63, 3.8) is 0 Å². The summed E-state index contributed by atoms with van der Waals surface area (Å²) in [5.74, 6) is 0. The van der Waals surface area contributed by atoms with E-state index in [2.05, 4.69) is 30.4 Å². The second-order valence-corrected chi connectivity index (χ2v) is 4.96. The van der Waals surface area contributed by atoms with Gasteiger partial charge >= 0.3 is 0 Å². The third kappa shape index (κ3) is 3.30. The van der Waals surface area contributed by atoms with Crippen LogP contribution in [0.4, 0.5) is 0 Å². The summed E-state index contributed by atoms with van der Waals surface area (Å²) in [6.07, 6.45) is 5.67. The van der Waals surface area contributed by atoms with Crippen LogP contribution >= 0.6 is 0 Å². The molecule has 1 atom stereocenters. The fraction of sp³-hybridized carbons (Fsp3) is 0.600. The van der Waals surface area contributed by atoms with Gasteiger partial charge in [0.15, 0.2) is 0 Å². The molecule has 2 heteroatoms. The van der Waals surface area contributed by atoms with Crippen LogP contribution in [0.1, 0.15) is 49.0 Å². The Hall–Kier alpha value is -0.860. The Kier molecular flexibility index (Phi) is 4.57. The zero-order valence-electron chi connectivity index (χ0n) is 10.7. The fourth-order valence-electron chi connectivity index (χ4n) is 2.46. The molecule has 1 aliphatic rings. The maximum atomic E-state index is 10.1. The molecule has 1 aliphatic carbocycles. The van der Waals surface area contributed by atoms with E-state index in [0.29, 0.717) is 6.54 Å². The number of hydrogen-bond acceptors (Lipinski definition) is 2. The molecular weight excluding hydrogens is 210 g/mol. The molecule has 2 rings (SSSR count). The number of aliphatic hydroxyl groups excluding tert-OH is 1. The Balaban J connectivity index is 1.88. The number of fused-ring (bicyclic) bond motifs is 1. The second-order valence-electron chi connectivity index (χ2n) is 4.96. The molecule has 0 spiro atoms. The number of hydrogen-bond donors (Lipinski definition) is 2. The highest BCUT2D eigenvalue weighted by Crippen LogP contribution is 2.25. The lowest BCUT2D eigenvalue weighted by Gasteiger charge is -2.13. The molecule has 17 heavy (non-hydrogen) atoms. The second kappa shape index (κ2) is 6.18. The molecule has 1 aromatic carbocycles. The Morgan fingerprint density at radius 2 is 2.12 bits per heavy atom. The van der Waals surface area contributed by atoms with Crippen LogP contribution < -0.4 is 5.32 Å². The van der Waals surface area contributed by atoms with Gasteiger partial charge in [0.05, 0.1) is 6.10 Å². The average molecular weight is 233 g/mol. The van der Waals surface area contributed by atoms with Crippen LogP contribution in [0.25, 0.3) is 0 Å². The first-order valence-electron chi connectivity index (χ1n) is 6.81. The highest BCUT2D eigenvalue weighted by Gasteiger charge is 2.13. The molecule has 0 fully saturated rings. The van der Waals surface area contributed by atoms with E-state index in [-0.39, 0.29) is 6.10 Å². The van der Waals surface area contributed by atoms with Crippen molar-refractivity contribution >= 4 is 0 Å². The van der Waals surface area contributed by atoms with Gasteiger partial charge < -0.3 is 10.4 Å². The zero-order valence-corrected chi connectivity index (χ0v) is 10.7. The summed E-state index contributed by atoms with van der Waals surface area (Å²) in [6, 6.07) is 6.46. The molecular formula is C15H23NO. The number of aliphatic hydroxyl groups is 1. The Morgan fingerprint density at radius 1 is 1.29 bits per heavy atom. The van der Waals surface area contributed by atoms with Crippen LogP contribution in [0.15, 0.2) is 18.2 Å². The molecule has 0 aromatic heterocycles. The van der Waals surface area contributed by atoms with Gasteiger partial charge in [-0.15, -0.1) is 0 Å². The van der Waals surface area contributed by atoms with Crippen molar-refractivity contribution in [3.8, 4) is 0 Å². The molecule has 0 heterocycles. The highest BCUT2D eigenvalue weighted by atomic mass is 16.3. The predicted molar refractivity (Wildman–Crippen MR) is 71.2 cm³/mol. The minimum absolute atomic E-state index is 0.363. The van der Waals surface area contributed by atoms with Gasteiger partial charge in [-0.3, -0.25) is 0 Å². The van der Waals surface area contributed by atoms with E-state index in [1.54, 1.807) is 0 Å². The van der Waals surface area contributed by atoms with Crippen molar-refractivity contribution in [1.29, 1.82) is 0 Å². The molecule has 0 saturated heterocycles. The van der Waals surface area contributed by atoms with Gasteiger partial charge in [-0.05, 0) is 48.9 Å². The topological polar surface area (TPSA) is 32.3 Å². The van der Waals surface area contributed by atoms with Gasteiger partial charge in [0.2, 0.25) is 0 Å². The van der Waals surface area contributed by atoms with Crippen LogP contribution in [0.2, 0.25) is 0 Å². The Labute approximate surface area is 104 Å². The Morgan fingerprint density at radius 3 is 2.94 bits per heavy atom. The van der Waals surface area contributed by atoms with Gasteiger partial charge in [0.25, 0.3) is 0 Å². The molecule has 94 valence electrons. The van der Waals surface area contributed by atoms with E-state index in [9.17, 15) is 5.11 Å². The van der Waals surface area contributed by atoms with Gasteiger partial charge in [0, 0.05) is 6.54 Å². The smallest absolute Gasteiger partial charge is 0.0914 e. The normalized spacial score (nSPS) is 15.9. The van der Waals surface area contributed by atoms with Crippen LogP contribution in [-0.2, 0) is 12.8 Å². The molecule has 2 N–H and O–H groups in total.